The van der Waals surface area contributed by atoms with Crippen LogP contribution in [0.15, 0.2) is 11.6 Å². The van der Waals surface area contributed by atoms with Crippen LogP contribution < -0.4 is 5.73 Å². The van der Waals surface area contributed by atoms with E-state index in [0.717, 1.165) is 5.57 Å². The van der Waals surface area contributed by atoms with Crippen LogP contribution in [0.3, 0.4) is 0 Å². The minimum absolute atomic E-state index is 0.0316. The summed E-state index contributed by atoms with van der Waals surface area (Å²) in [7, 11) is -4.01. The van der Waals surface area contributed by atoms with Gasteiger partial charge in [-0.1, -0.05) is 46.3 Å². The number of nitrogens with two attached hydrogens (primary N) is 1. The van der Waals surface area contributed by atoms with Crippen LogP contribution in [0.25, 0.3) is 0 Å². The fourth-order valence-electron chi connectivity index (χ4n) is 4.00. The first kappa shape index (κ1) is 23.7. The molecule has 0 radical (unpaired) electrons. The predicted octanol–water partition coefficient (Wildman–Crippen LogP) is 3.20. The van der Waals surface area contributed by atoms with Gasteiger partial charge in [0.2, 0.25) is 0 Å². The Morgan fingerprint density at radius 3 is 2.30 bits per heavy atom. The maximum Gasteiger partial charge on any atom is 0.330 e. The van der Waals surface area contributed by atoms with Gasteiger partial charge in [-0.2, -0.15) is 0 Å². The maximum absolute atomic E-state index is 12.3. The fraction of sp³-hybridized carbons (Fsp3) is 0.773. The van der Waals surface area contributed by atoms with Crippen molar-refractivity contribution in [2.24, 2.45) is 11.7 Å². The standard InChI is InChI=1S/C22H37NO5Si2/c1-20(2,3)30(7,8)28-21(9-12-29(4,5)6)15-22(26-10-11-27-22)19(23)16-14-25-18(24)13-17(16)21/h13,16,19H,10-11,14-15,23H2,1-8H3/t16-,19+,21+/m1/s1. The van der Waals surface area contributed by atoms with Gasteiger partial charge in [0.05, 0.1) is 25.9 Å². The number of carbonyl (C=O) groups excluding carboxylic acids is 1. The summed E-state index contributed by atoms with van der Waals surface area (Å²) in [6.07, 6.45) is 1.92. The zero-order valence-corrected chi connectivity index (χ0v) is 21.7. The SMILES string of the molecule is CC(C)(C)[Si](C)(C)O[C@@]1(C#C[Si](C)(C)C)CC2(OCCO2)[C@@H](N)[C@@H]2COC(=O)C=C21. The Balaban J connectivity index is 2.22. The first-order valence-corrected chi connectivity index (χ1v) is 17.2. The van der Waals surface area contributed by atoms with Gasteiger partial charge in [-0.15, -0.1) is 5.54 Å². The van der Waals surface area contributed by atoms with Crippen molar-refractivity contribution in [3.8, 4) is 11.5 Å². The molecule has 1 saturated heterocycles. The number of esters is 1. The highest BCUT2D eigenvalue weighted by atomic mass is 28.4. The molecule has 6 nitrogen and oxygen atoms in total. The number of hydrogen-bond acceptors (Lipinski definition) is 6. The number of rotatable bonds is 2. The summed E-state index contributed by atoms with van der Waals surface area (Å²) in [4.78, 5) is 12.3. The van der Waals surface area contributed by atoms with Crippen molar-refractivity contribution >= 4 is 22.4 Å². The van der Waals surface area contributed by atoms with E-state index in [0.29, 0.717) is 19.6 Å². The van der Waals surface area contributed by atoms with Gasteiger partial charge in [-0.3, -0.25) is 0 Å². The summed E-state index contributed by atoms with van der Waals surface area (Å²) in [5, 5.41) is -0.0316. The molecule has 1 spiro atoms. The number of hydrogen-bond donors (Lipinski definition) is 1. The first-order valence-electron chi connectivity index (χ1n) is 10.8. The van der Waals surface area contributed by atoms with Crippen LogP contribution in [0, 0.1) is 17.4 Å². The fourth-order valence-corrected chi connectivity index (χ4v) is 6.00. The Bertz CT molecular complexity index is 789. The minimum Gasteiger partial charge on any atom is -0.462 e. The summed E-state index contributed by atoms with van der Waals surface area (Å²) in [6.45, 7) is 18.8. The lowest BCUT2D eigenvalue weighted by Gasteiger charge is -2.54. The molecule has 0 aromatic carbocycles. The zero-order chi connectivity index (χ0) is 22.6. The van der Waals surface area contributed by atoms with Crippen molar-refractivity contribution < 1.29 is 23.4 Å². The number of fused-ring (bicyclic) bond motifs is 1. The number of cyclic esters (lactones) is 1. The van der Waals surface area contributed by atoms with E-state index in [9.17, 15) is 4.79 Å². The molecule has 3 rings (SSSR count). The quantitative estimate of drug-likeness (QED) is 0.394. The second kappa shape index (κ2) is 7.57. The Hall–Kier alpha value is -0.956. The van der Waals surface area contributed by atoms with Crippen molar-refractivity contribution in [1.29, 1.82) is 0 Å². The van der Waals surface area contributed by atoms with E-state index >= 15 is 0 Å². The van der Waals surface area contributed by atoms with Gasteiger partial charge >= 0.3 is 5.97 Å². The highest BCUT2D eigenvalue weighted by Gasteiger charge is 2.62. The Morgan fingerprint density at radius 1 is 1.17 bits per heavy atom. The lowest BCUT2D eigenvalue weighted by Crippen LogP contribution is -2.67. The van der Waals surface area contributed by atoms with Crippen molar-refractivity contribution in [3.05, 3.63) is 11.6 Å². The topological polar surface area (TPSA) is 80.0 Å². The molecular formula is C22H37NO5Si2. The van der Waals surface area contributed by atoms with Gasteiger partial charge in [0.15, 0.2) is 14.1 Å². The molecule has 3 atom stereocenters. The highest BCUT2D eigenvalue weighted by Crippen LogP contribution is 2.52. The molecule has 0 amide bonds. The maximum atomic E-state index is 12.3. The molecule has 2 N–H and O–H groups in total. The molecule has 168 valence electrons. The Kier molecular flexibility index (Phi) is 5.98. The van der Waals surface area contributed by atoms with Crippen LogP contribution in [0.4, 0.5) is 0 Å². The lowest BCUT2D eigenvalue weighted by atomic mass is 9.67. The third-order valence-electron chi connectivity index (χ3n) is 6.63. The van der Waals surface area contributed by atoms with Gasteiger partial charge in [-0.25, -0.2) is 4.79 Å². The normalized spacial score (nSPS) is 31.5. The average molecular weight is 452 g/mol. The molecule has 30 heavy (non-hydrogen) atoms. The van der Waals surface area contributed by atoms with Crippen molar-refractivity contribution in [2.45, 2.75) is 82.4 Å². The van der Waals surface area contributed by atoms with Gasteiger partial charge in [0, 0.05) is 18.4 Å². The second-order valence-electron chi connectivity index (χ2n) is 11.2. The first-order chi connectivity index (χ1) is 13.6. The second-order valence-corrected chi connectivity index (χ2v) is 20.7. The predicted molar refractivity (Wildman–Crippen MR) is 122 cm³/mol. The number of ether oxygens (including phenoxy) is 3. The summed E-state index contributed by atoms with van der Waals surface area (Å²) in [6, 6.07) is -0.454. The van der Waals surface area contributed by atoms with Crippen LogP contribution in [-0.2, 0) is 23.4 Å². The molecule has 0 aromatic rings. The van der Waals surface area contributed by atoms with E-state index in [1.165, 1.54) is 0 Å². The third-order valence-corrected chi connectivity index (χ3v) is 12.0. The molecule has 8 heteroatoms. The van der Waals surface area contributed by atoms with Crippen LogP contribution in [0.2, 0.25) is 37.8 Å². The van der Waals surface area contributed by atoms with E-state index in [1.807, 2.05) is 0 Å². The van der Waals surface area contributed by atoms with Crippen molar-refractivity contribution in [1.82, 2.24) is 0 Å². The molecule has 0 unspecified atom stereocenters. The van der Waals surface area contributed by atoms with Crippen LogP contribution >= 0.6 is 0 Å². The highest BCUT2D eigenvalue weighted by molar-refractivity contribution is 6.83. The molecule has 2 heterocycles. The molecule has 1 saturated carbocycles. The summed E-state index contributed by atoms with van der Waals surface area (Å²) < 4.78 is 24.7. The molecule has 2 aliphatic heterocycles. The Labute approximate surface area is 183 Å². The van der Waals surface area contributed by atoms with Gasteiger partial charge in [0.1, 0.15) is 13.7 Å². The molecule has 0 bridgehead atoms. The molecule has 0 aromatic heterocycles. The van der Waals surface area contributed by atoms with Crippen LogP contribution in [-0.4, -0.2) is 59.6 Å². The average Bonchev–Trinajstić information content (AvgIpc) is 3.05. The van der Waals surface area contributed by atoms with E-state index in [1.54, 1.807) is 6.08 Å². The Morgan fingerprint density at radius 2 is 1.77 bits per heavy atom. The van der Waals surface area contributed by atoms with Gasteiger partial charge in [0.25, 0.3) is 0 Å². The molecular weight excluding hydrogens is 414 g/mol. The molecule has 2 fully saturated rings. The van der Waals surface area contributed by atoms with E-state index in [4.69, 9.17) is 24.4 Å². The smallest absolute Gasteiger partial charge is 0.330 e. The van der Waals surface area contributed by atoms with Crippen LogP contribution in [0.1, 0.15) is 27.2 Å². The summed E-state index contributed by atoms with van der Waals surface area (Å²) >= 11 is 0. The van der Waals surface area contributed by atoms with E-state index in [2.05, 4.69) is 65.0 Å². The van der Waals surface area contributed by atoms with Gasteiger partial charge < -0.3 is 24.4 Å². The van der Waals surface area contributed by atoms with Gasteiger partial charge in [-0.05, 0) is 23.7 Å². The van der Waals surface area contributed by atoms with Crippen molar-refractivity contribution in [2.75, 3.05) is 19.8 Å². The molecule has 1 aliphatic carbocycles. The lowest BCUT2D eigenvalue weighted by molar-refractivity contribution is -0.219. The third kappa shape index (κ3) is 4.34. The summed E-state index contributed by atoms with van der Waals surface area (Å²) in [5.41, 5.74) is 10.0. The van der Waals surface area contributed by atoms with E-state index < -0.39 is 33.8 Å². The van der Waals surface area contributed by atoms with Crippen molar-refractivity contribution in [3.63, 3.8) is 0 Å². The van der Waals surface area contributed by atoms with E-state index in [-0.39, 0.29) is 23.5 Å². The molecule has 3 aliphatic rings. The number of carbonyl (C=O) groups is 1. The minimum atomic E-state index is -2.28. The summed E-state index contributed by atoms with van der Waals surface area (Å²) in [5.74, 6) is 1.92. The van der Waals surface area contributed by atoms with Crippen LogP contribution in [0.5, 0.6) is 0 Å². The largest absolute Gasteiger partial charge is 0.462 e. The monoisotopic (exact) mass is 451 g/mol. The zero-order valence-electron chi connectivity index (χ0n) is 19.7.